The summed E-state index contributed by atoms with van der Waals surface area (Å²) in [6.07, 6.45) is 1.71. The molecule has 0 unspecified atom stereocenters. The SMILES string of the molecule is CCCc1nc(Nc2cc(N[C@@H]3CCOC[C@@H]3NC(=O)OC(C)(C)C)nnc2C(N)=O)ccc1OC. The van der Waals surface area contributed by atoms with Gasteiger partial charge in [-0.15, -0.1) is 10.2 Å². The van der Waals surface area contributed by atoms with Gasteiger partial charge in [-0.25, -0.2) is 9.78 Å². The molecule has 5 N–H and O–H groups in total. The molecular weight excluding hydrogens is 466 g/mol. The third-order valence-electron chi connectivity index (χ3n) is 5.32. The van der Waals surface area contributed by atoms with Gasteiger partial charge in [0.15, 0.2) is 11.5 Å². The Kier molecular flexibility index (Phi) is 8.86. The van der Waals surface area contributed by atoms with Gasteiger partial charge < -0.3 is 35.9 Å². The number of nitrogens with two attached hydrogens (primary N) is 1. The van der Waals surface area contributed by atoms with E-state index in [0.29, 0.717) is 42.7 Å². The normalized spacial score (nSPS) is 17.7. The minimum Gasteiger partial charge on any atom is -0.495 e. The lowest BCUT2D eigenvalue weighted by Crippen LogP contribution is -2.53. The van der Waals surface area contributed by atoms with Crippen molar-refractivity contribution >= 4 is 29.3 Å². The Hall–Kier alpha value is -3.67. The first-order valence-corrected chi connectivity index (χ1v) is 11.9. The van der Waals surface area contributed by atoms with E-state index >= 15 is 0 Å². The fourth-order valence-electron chi connectivity index (χ4n) is 3.74. The fraction of sp³-hybridized carbons (Fsp3) is 0.542. The highest BCUT2D eigenvalue weighted by atomic mass is 16.6. The van der Waals surface area contributed by atoms with Gasteiger partial charge in [-0.05, 0) is 45.7 Å². The van der Waals surface area contributed by atoms with Crippen LogP contribution in [-0.4, -0.2) is 65.2 Å². The van der Waals surface area contributed by atoms with Crippen LogP contribution in [0.4, 0.5) is 22.1 Å². The van der Waals surface area contributed by atoms with Gasteiger partial charge in [-0.2, -0.15) is 0 Å². The molecule has 12 heteroatoms. The Morgan fingerprint density at radius 3 is 2.64 bits per heavy atom. The maximum atomic E-state index is 12.3. The molecule has 2 aromatic rings. The van der Waals surface area contributed by atoms with E-state index in [1.807, 2.05) is 6.07 Å². The third-order valence-corrected chi connectivity index (χ3v) is 5.32. The quantitative estimate of drug-likeness (QED) is 0.402. The van der Waals surface area contributed by atoms with Crippen LogP contribution < -0.4 is 26.4 Å². The average molecular weight is 502 g/mol. The lowest BCUT2D eigenvalue weighted by Gasteiger charge is -2.33. The lowest BCUT2D eigenvalue weighted by atomic mass is 10.0. The molecule has 0 bridgehead atoms. The van der Waals surface area contributed by atoms with Crippen molar-refractivity contribution in [3.8, 4) is 5.75 Å². The summed E-state index contributed by atoms with van der Waals surface area (Å²) in [6, 6.07) is 4.63. The van der Waals surface area contributed by atoms with Crippen LogP contribution in [0.1, 0.15) is 56.7 Å². The molecule has 1 fully saturated rings. The lowest BCUT2D eigenvalue weighted by molar-refractivity contribution is 0.0317. The zero-order valence-electron chi connectivity index (χ0n) is 21.4. The predicted octanol–water partition coefficient (Wildman–Crippen LogP) is 2.77. The number of aryl methyl sites for hydroxylation is 1. The number of pyridine rings is 1. The molecule has 0 saturated carbocycles. The Balaban J connectivity index is 1.81. The summed E-state index contributed by atoms with van der Waals surface area (Å²) >= 11 is 0. The molecular formula is C24H35N7O5. The maximum Gasteiger partial charge on any atom is 0.408 e. The zero-order chi connectivity index (χ0) is 26.3. The number of rotatable bonds is 9. The Morgan fingerprint density at radius 1 is 1.19 bits per heavy atom. The van der Waals surface area contributed by atoms with Gasteiger partial charge in [0.2, 0.25) is 0 Å². The summed E-state index contributed by atoms with van der Waals surface area (Å²) in [5, 5.41) is 17.4. The van der Waals surface area contributed by atoms with Gasteiger partial charge in [-0.1, -0.05) is 13.3 Å². The number of nitrogens with zero attached hydrogens (tertiary/aromatic N) is 3. The highest BCUT2D eigenvalue weighted by Crippen LogP contribution is 2.25. The highest BCUT2D eigenvalue weighted by Gasteiger charge is 2.30. The highest BCUT2D eigenvalue weighted by molar-refractivity contribution is 5.97. The van der Waals surface area contributed by atoms with Crippen molar-refractivity contribution in [3.63, 3.8) is 0 Å². The van der Waals surface area contributed by atoms with Crippen molar-refractivity contribution < 1.29 is 23.8 Å². The number of anilines is 3. The monoisotopic (exact) mass is 501 g/mol. The number of carbonyl (C=O) groups is 2. The van der Waals surface area contributed by atoms with Crippen molar-refractivity contribution in [2.24, 2.45) is 5.73 Å². The van der Waals surface area contributed by atoms with Crippen LogP contribution in [0.15, 0.2) is 18.2 Å². The minimum absolute atomic E-state index is 0.0226. The molecule has 2 amide bonds. The first-order valence-electron chi connectivity index (χ1n) is 11.9. The molecule has 0 radical (unpaired) electrons. The number of hydrogen-bond acceptors (Lipinski definition) is 10. The van der Waals surface area contributed by atoms with Gasteiger partial charge in [0, 0.05) is 12.7 Å². The first kappa shape index (κ1) is 26.9. The molecule has 36 heavy (non-hydrogen) atoms. The van der Waals surface area contributed by atoms with Crippen LogP contribution in [0, 0.1) is 0 Å². The Labute approximate surface area is 210 Å². The Bertz CT molecular complexity index is 1070. The number of amides is 2. The van der Waals surface area contributed by atoms with E-state index in [1.165, 1.54) is 0 Å². The van der Waals surface area contributed by atoms with Crippen LogP contribution >= 0.6 is 0 Å². The molecule has 3 rings (SSSR count). The molecule has 0 spiro atoms. The van der Waals surface area contributed by atoms with Crippen LogP contribution in [0.3, 0.4) is 0 Å². The zero-order valence-corrected chi connectivity index (χ0v) is 21.4. The molecule has 2 atom stereocenters. The number of nitrogens with one attached hydrogen (secondary N) is 3. The molecule has 1 aliphatic heterocycles. The van der Waals surface area contributed by atoms with Crippen molar-refractivity contribution in [1.82, 2.24) is 20.5 Å². The van der Waals surface area contributed by atoms with E-state index in [4.69, 9.17) is 19.9 Å². The van der Waals surface area contributed by atoms with Gasteiger partial charge in [0.05, 0.1) is 37.2 Å². The molecule has 12 nitrogen and oxygen atoms in total. The standard InChI is InChI=1S/C24H35N7O5/c1-6-7-15-18(34-5)8-9-19(27-15)28-16-12-20(30-31-21(16)22(25)32)26-14-10-11-35-13-17(14)29-23(33)36-24(2,3)4/h8-9,12,14,17H,6-7,10-11,13H2,1-5H3,(H2,25,32)(H,29,33)(H2,26,27,28,30)/t14-,17+/m1/s1. The largest absolute Gasteiger partial charge is 0.495 e. The second-order valence-electron chi connectivity index (χ2n) is 9.44. The summed E-state index contributed by atoms with van der Waals surface area (Å²) in [6.45, 7) is 8.27. The van der Waals surface area contributed by atoms with Gasteiger partial charge >= 0.3 is 6.09 Å². The van der Waals surface area contributed by atoms with Crippen molar-refractivity contribution in [2.45, 2.75) is 64.6 Å². The van der Waals surface area contributed by atoms with Crippen LogP contribution in [0.5, 0.6) is 5.75 Å². The van der Waals surface area contributed by atoms with Crippen LogP contribution in [0.2, 0.25) is 0 Å². The summed E-state index contributed by atoms with van der Waals surface area (Å²) < 4.78 is 16.3. The second-order valence-corrected chi connectivity index (χ2v) is 9.44. The Morgan fingerprint density at radius 2 is 1.97 bits per heavy atom. The van der Waals surface area contributed by atoms with Crippen LogP contribution in [0.25, 0.3) is 0 Å². The van der Waals surface area contributed by atoms with E-state index in [9.17, 15) is 9.59 Å². The van der Waals surface area contributed by atoms with Crippen molar-refractivity contribution in [2.75, 3.05) is 31.0 Å². The predicted molar refractivity (Wildman–Crippen MR) is 135 cm³/mol. The smallest absolute Gasteiger partial charge is 0.408 e. The van der Waals surface area contributed by atoms with E-state index in [1.54, 1.807) is 40.0 Å². The van der Waals surface area contributed by atoms with Gasteiger partial charge in [0.25, 0.3) is 5.91 Å². The summed E-state index contributed by atoms with van der Waals surface area (Å²) in [7, 11) is 1.60. The van der Waals surface area contributed by atoms with E-state index in [0.717, 1.165) is 18.5 Å². The summed E-state index contributed by atoms with van der Waals surface area (Å²) in [5.74, 6) is 0.870. The topological polar surface area (TPSA) is 163 Å². The molecule has 2 aromatic heterocycles. The van der Waals surface area contributed by atoms with Gasteiger partial charge in [-0.3, -0.25) is 4.79 Å². The van der Waals surface area contributed by atoms with E-state index < -0.39 is 17.6 Å². The molecule has 3 heterocycles. The minimum atomic E-state index is -0.727. The molecule has 0 aliphatic carbocycles. The van der Waals surface area contributed by atoms with Crippen molar-refractivity contribution in [1.29, 1.82) is 0 Å². The van der Waals surface area contributed by atoms with Crippen LogP contribution in [-0.2, 0) is 15.9 Å². The van der Waals surface area contributed by atoms with E-state index in [2.05, 4.69) is 38.1 Å². The number of hydrogen-bond donors (Lipinski definition) is 4. The average Bonchev–Trinajstić information content (AvgIpc) is 2.79. The molecule has 0 aromatic carbocycles. The van der Waals surface area contributed by atoms with Gasteiger partial charge in [0.1, 0.15) is 17.2 Å². The number of alkyl carbamates (subject to hydrolysis) is 1. The summed E-state index contributed by atoms with van der Waals surface area (Å²) in [4.78, 5) is 28.9. The second kappa shape index (κ2) is 11.8. The number of aromatic nitrogens is 3. The van der Waals surface area contributed by atoms with E-state index in [-0.39, 0.29) is 17.8 Å². The third kappa shape index (κ3) is 7.41. The maximum absolute atomic E-state index is 12.3. The number of methoxy groups -OCH3 is 1. The van der Waals surface area contributed by atoms with Crippen molar-refractivity contribution in [3.05, 3.63) is 29.6 Å². The summed E-state index contributed by atoms with van der Waals surface area (Å²) in [5.41, 5.74) is 6.04. The molecule has 196 valence electrons. The molecule has 1 aliphatic rings. The fourth-order valence-corrected chi connectivity index (χ4v) is 3.74. The number of primary amides is 1. The first-order chi connectivity index (χ1) is 17.1. The number of carbonyl (C=O) groups excluding carboxylic acids is 2. The molecule has 1 saturated heterocycles. The number of ether oxygens (including phenoxy) is 3.